The first-order valence-electron chi connectivity index (χ1n) is 6.82. The highest BCUT2D eigenvalue weighted by atomic mass is 32.2. The van der Waals surface area contributed by atoms with Crippen LogP contribution in [0.5, 0.6) is 0 Å². The summed E-state index contributed by atoms with van der Waals surface area (Å²) in [5, 5.41) is 3.48. The van der Waals surface area contributed by atoms with Crippen LogP contribution in [0.2, 0.25) is 0 Å². The summed E-state index contributed by atoms with van der Waals surface area (Å²) in [5.41, 5.74) is -0.583. The van der Waals surface area contributed by atoms with Crippen LogP contribution in [0.15, 0.2) is 44.5 Å². The van der Waals surface area contributed by atoms with Crippen LogP contribution in [0.25, 0.3) is 0 Å². The molecular formula is C15H19NO4S2. The Hall–Kier alpha value is -1.60. The lowest BCUT2D eigenvalue weighted by Crippen LogP contribution is -2.38. The van der Waals surface area contributed by atoms with Crippen molar-refractivity contribution in [2.24, 2.45) is 5.41 Å². The second-order valence-electron chi connectivity index (χ2n) is 5.94. The molecule has 2 rings (SSSR count). The predicted octanol–water partition coefficient (Wildman–Crippen LogP) is 3.02. The Labute approximate surface area is 134 Å². The Kier molecular flexibility index (Phi) is 4.77. The topological polar surface area (TPSA) is 76.4 Å². The first-order chi connectivity index (χ1) is 10.2. The van der Waals surface area contributed by atoms with Gasteiger partial charge in [0.1, 0.15) is 15.2 Å². The molecule has 0 aliphatic heterocycles. The van der Waals surface area contributed by atoms with Crippen molar-refractivity contribution in [1.82, 2.24) is 5.32 Å². The minimum absolute atomic E-state index is 0.0240. The first kappa shape index (κ1) is 16.8. The molecule has 2 heterocycles. The molecule has 2 aromatic rings. The molecule has 0 bridgehead atoms. The van der Waals surface area contributed by atoms with E-state index in [4.69, 9.17) is 4.42 Å². The van der Waals surface area contributed by atoms with Gasteiger partial charge in [0, 0.05) is 12.0 Å². The summed E-state index contributed by atoms with van der Waals surface area (Å²) < 4.78 is 31.0. The van der Waals surface area contributed by atoms with Crippen LogP contribution < -0.4 is 5.32 Å². The summed E-state index contributed by atoms with van der Waals surface area (Å²) >= 11 is 1.15. The molecule has 0 aromatic carbocycles. The molecule has 0 radical (unpaired) electrons. The molecule has 0 aliphatic rings. The van der Waals surface area contributed by atoms with E-state index in [9.17, 15) is 13.2 Å². The molecule has 1 amide bonds. The molecule has 0 saturated carbocycles. The van der Waals surface area contributed by atoms with Crippen molar-refractivity contribution >= 4 is 27.1 Å². The number of hydrogen-bond donors (Lipinski definition) is 1. The van der Waals surface area contributed by atoms with Crippen LogP contribution in [0.1, 0.15) is 31.8 Å². The van der Waals surface area contributed by atoms with E-state index in [1.807, 2.05) is 0 Å². The number of thiophene rings is 1. The number of carbonyl (C=O) groups is 1. The van der Waals surface area contributed by atoms with Crippen molar-refractivity contribution in [1.29, 1.82) is 0 Å². The van der Waals surface area contributed by atoms with Gasteiger partial charge in [0.15, 0.2) is 9.84 Å². The van der Waals surface area contributed by atoms with Crippen molar-refractivity contribution in [2.75, 3.05) is 6.54 Å². The van der Waals surface area contributed by atoms with E-state index in [0.717, 1.165) is 11.3 Å². The van der Waals surface area contributed by atoms with Crippen molar-refractivity contribution in [3.8, 4) is 0 Å². The minimum atomic E-state index is -3.61. The van der Waals surface area contributed by atoms with Crippen molar-refractivity contribution in [3.05, 3.63) is 41.7 Å². The van der Waals surface area contributed by atoms with Crippen molar-refractivity contribution < 1.29 is 17.6 Å². The van der Waals surface area contributed by atoms with E-state index < -0.39 is 20.5 Å². The summed E-state index contributed by atoms with van der Waals surface area (Å²) in [5.74, 6) is 0.119. The van der Waals surface area contributed by atoms with Crippen LogP contribution in [0.3, 0.4) is 0 Å². The average molecular weight is 341 g/mol. The number of amides is 1. The molecule has 1 N–H and O–H groups in total. The number of hydrogen-bond acceptors (Lipinski definition) is 5. The number of nitrogens with one attached hydrogen (secondary N) is 1. The fraction of sp³-hybridized carbons (Fsp3) is 0.400. The predicted molar refractivity (Wildman–Crippen MR) is 85.4 cm³/mol. The lowest BCUT2D eigenvalue weighted by atomic mass is 9.96. The summed E-state index contributed by atoms with van der Waals surface area (Å²) in [4.78, 5) is 12.0. The van der Waals surface area contributed by atoms with Gasteiger partial charge in [0.2, 0.25) is 5.91 Å². The maximum absolute atomic E-state index is 12.8. The minimum Gasteiger partial charge on any atom is -0.468 e. The zero-order valence-electron chi connectivity index (χ0n) is 12.7. The normalized spacial score (nSPS) is 13.8. The monoisotopic (exact) mass is 341 g/mol. The first-order valence-corrected chi connectivity index (χ1v) is 9.24. The van der Waals surface area contributed by atoms with E-state index in [1.165, 1.54) is 6.26 Å². The van der Waals surface area contributed by atoms with Gasteiger partial charge in [-0.1, -0.05) is 26.8 Å². The Morgan fingerprint density at radius 3 is 2.55 bits per heavy atom. The molecule has 0 aliphatic carbocycles. The highest BCUT2D eigenvalue weighted by Crippen LogP contribution is 2.31. The third-order valence-corrected chi connectivity index (χ3v) is 6.63. The smallest absolute Gasteiger partial charge is 0.225 e. The Bertz CT molecular complexity index is 710. The summed E-state index contributed by atoms with van der Waals surface area (Å²) in [6.07, 6.45) is 1.43. The third kappa shape index (κ3) is 3.59. The van der Waals surface area contributed by atoms with E-state index in [0.29, 0.717) is 5.76 Å². The van der Waals surface area contributed by atoms with Gasteiger partial charge in [0.25, 0.3) is 0 Å². The Morgan fingerprint density at radius 2 is 2.05 bits per heavy atom. The van der Waals surface area contributed by atoms with Gasteiger partial charge in [-0.15, -0.1) is 11.3 Å². The Morgan fingerprint density at radius 1 is 1.32 bits per heavy atom. The van der Waals surface area contributed by atoms with Crippen LogP contribution in [-0.2, 0) is 14.6 Å². The number of furan rings is 1. The zero-order chi connectivity index (χ0) is 16.4. The van der Waals surface area contributed by atoms with Gasteiger partial charge in [0.05, 0.1) is 6.26 Å². The molecule has 0 saturated heterocycles. The molecule has 1 atom stereocenters. The number of carbonyl (C=O) groups excluding carboxylic acids is 1. The molecule has 5 nitrogen and oxygen atoms in total. The molecule has 2 aromatic heterocycles. The van der Waals surface area contributed by atoms with E-state index in [-0.39, 0.29) is 16.7 Å². The summed E-state index contributed by atoms with van der Waals surface area (Å²) in [6.45, 7) is 5.30. The number of rotatable bonds is 5. The van der Waals surface area contributed by atoms with Crippen molar-refractivity contribution in [2.45, 2.75) is 30.2 Å². The van der Waals surface area contributed by atoms with Crippen LogP contribution in [-0.4, -0.2) is 20.9 Å². The van der Waals surface area contributed by atoms with Gasteiger partial charge < -0.3 is 9.73 Å². The highest BCUT2D eigenvalue weighted by Gasteiger charge is 2.33. The third-order valence-electron chi connectivity index (χ3n) is 3.14. The molecular weight excluding hydrogens is 322 g/mol. The maximum Gasteiger partial charge on any atom is 0.225 e. The molecule has 7 heteroatoms. The fourth-order valence-corrected chi connectivity index (χ4v) is 4.65. The highest BCUT2D eigenvalue weighted by molar-refractivity contribution is 7.93. The van der Waals surface area contributed by atoms with Gasteiger partial charge in [-0.05, 0) is 23.6 Å². The quantitative estimate of drug-likeness (QED) is 0.907. The number of sulfone groups is 1. The van der Waals surface area contributed by atoms with E-state index in [1.54, 1.807) is 50.4 Å². The van der Waals surface area contributed by atoms with E-state index in [2.05, 4.69) is 5.32 Å². The lowest BCUT2D eigenvalue weighted by Gasteiger charge is -2.21. The van der Waals surface area contributed by atoms with Gasteiger partial charge in [-0.25, -0.2) is 8.42 Å². The van der Waals surface area contributed by atoms with E-state index >= 15 is 0 Å². The van der Waals surface area contributed by atoms with Gasteiger partial charge in [-0.3, -0.25) is 4.79 Å². The molecule has 22 heavy (non-hydrogen) atoms. The standard InChI is InChI=1S/C15H19NO4S2/c1-15(2,3)14(17)16-10-12(11-6-4-8-20-11)22(18,19)13-7-5-9-21-13/h4-9,12H,10H2,1-3H3,(H,16,17)/t12-/m0/s1. The molecule has 120 valence electrons. The SMILES string of the molecule is CC(C)(C)C(=O)NC[C@@H](c1ccco1)S(=O)(=O)c1cccs1. The maximum atomic E-state index is 12.8. The van der Waals surface area contributed by atoms with Gasteiger partial charge in [-0.2, -0.15) is 0 Å². The van der Waals surface area contributed by atoms with Crippen molar-refractivity contribution in [3.63, 3.8) is 0 Å². The summed E-state index contributed by atoms with van der Waals surface area (Å²) in [7, 11) is -3.61. The van der Waals surface area contributed by atoms with Gasteiger partial charge >= 0.3 is 0 Å². The molecule has 0 fully saturated rings. The molecule has 0 unspecified atom stereocenters. The Balaban J connectivity index is 2.28. The van der Waals surface area contributed by atoms with Crippen LogP contribution in [0, 0.1) is 5.41 Å². The lowest BCUT2D eigenvalue weighted by molar-refractivity contribution is -0.128. The zero-order valence-corrected chi connectivity index (χ0v) is 14.3. The second-order valence-corrected chi connectivity index (χ2v) is 9.25. The molecule has 0 spiro atoms. The summed E-state index contributed by atoms with van der Waals surface area (Å²) in [6, 6.07) is 6.49. The largest absolute Gasteiger partial charge is 0.468 e. The van der Waals surface area contributed by atoms with Crippen LogP contribution in [0.4, 0.5) is 0 Å². The second kappa shape index (κ2) is 6.26. The fourth-order valence-electron chi connectivity index (χ4n) is 1.85. The average Bonchev–Trinajstić information content (AvgIpc) is 3.11. The van der Waals surface area contributed by atoms with Crippen LogP contribution >= 0.6 is 11.3 Å².